The Morgan fingerprint density at radius 3 is 2.61 bits per heavy atom. The van der Waals surface area contributed by atoms with Crippen LogP contribution in [0.4, 0.5) is 11.6 Å². The van der Waals surface area contributed by atoms with E-state index in [1.807, 2.05) is 27.7 Å². The number of fused-ring (bicyclic) bond motifs is 1. The number of rotatable bonds is 8. The molecular formula is C24H37N5O4. The molecule has 3 rings (SSSR count). The van der Waals surface area contributed by atoms with Gasteiger partial charge in [0.2, 0.25) is 0 Å². The van der Waals surface area contributed by atoms with E-state index in [2.05, 4.69) is 28.5 Å². The predicted octanol–water partition coefficient (Wildman–Crippen LogP) is 3.60. The van der Waals surface area contributed by atoms with Crippen LogP contribution in [0.1, 0.15) is 64.8 Å². The Hall–Kier alpha value is -2.65. The van der Waals surface area contributed by atoms with Gasteiger partial charge in [-0.2, -0.15) is 4.52 Å². The van der Waals surface area contributed by atoms with Crippen molar-refractivity contribution in [2.45, 2.75) is 71.7 Å². The minimum atomic E-state index is -0.951. The molecule has 2 N–H and O–H groups in total. The first-order valence-electron chi connectivity index (χ1n) is 11.5. The van der Waals surface area contributed by atoms with E-state index >= 15 is 0 Å². The maximum absolute atomic E-state index is 13.1. The summed E-state index contributed by atoms with van der Waals surface area (Å²) >= 11 is 0. The van der Waals surface area contributed by atoms with E-state index in [9.17, 15) is 4.79 Å². The third-order valence-electron chi connectivity index (χ3n) is 5.73. The number of nitrogen functional groups attached to an aromatic ring is 1. The first-order valence-corrected chi connectivity index (χ1v) is 11.5. The van der Waals surface area contributed by atoms with Gasteiger partial charge in [-0.05, 0) is 54.4 Å². The minimum absolute atomic E-state index is 0.238. The second-order valence-electron chi connectivity index (χ2n) is 9.67. The molecule has 0 radical (unpaired) electrons. The number of nitrogens with two attached hydrogens (primary N) is 1. The maximum Gasteiger partial charge on any atom is 0.340 e. The molecule has 33 heavy (non-hydrogen) atoms. The molecule has 2 aromatic rings. The normalized spacial score (nSPS) is 17.2. The number of aryl methyl sites for hydroxylation is 1. The lowest BCUT2D eigenvalue weighted by molar-refractivity contribution is -0.166. The van der Waals surface area contributed by atoms with Gasteiger partial charge in [0.25, 0.3) is 0 Å². The summed E-state index contributed by atoms with van der Waals surface area (Å²) in [4.78, 5) is 20.0. The minimum Gasteiger partial charge on any atom is -0.464 e. The third-order valence-corrected chi connectivity index (χ3v) is 5.73. The number of esters is 1. The van der Waals surface area contributed by atoms with Crippen molar-refractivity contribution in [2.75, 3.05) is 36.9 Å². The van der Waals surface area contributed by atoms with Gasteiger partial charge in [-0.15, -0.1) is 11.7 Å². The average Bonchev–Trinajstić information content (AvgIpc) is 3.09. The molecule has 1 unspecified atom stereocenters. The van der Waals surface area contributed by atoms with Gasteiger partial charge in [-0.1, -0.05) is 6.08 Å². The van der Waals surface area contributed by atoms with Crippen LogP contribution < -0.4 is 10.6 Å². The number of nitrogens with zero attached hydrogens (tertiary/aromatic N) is 4. The van der Waals surface area contributed by atoms with Gasteiger partial charge in [0.15, 0.2) is 11.8 Å². The fourth-order valence-electron chi connectivity index (χ4n) is 4.14. The first kappa shape index (κ1) is 25.0. The molecule has 1 aliphatic heterocycles. The van der Waals surface area contributed by atoms with Crippen molar-refractivity contribution in [1.82, 2.24) is 14.6 Å². The molecule has 9 nitrogen and oxygen atoms in total. The standard InChI is InChI=1S/C24H37N5O4/c1-8-14-32-24(7)10-12-28(13-11-24)21-19(16(3)26-18-15-17(25)27-29(18)21)20(22(30)31-9-2)33-23(4,5)6/h8,15,20H,1,9-14H2,2-7H3,(H2,25,27). The van der Waals surface area contributed by atoms with Gasteiger partial charge < -0.3 is 24.8 Å². The fraction of sp³-hybridized carbons (Fsp3) is 0.625. The summed E-state index contributed by atoms with van der Waals surface area (Å²) in [6, 6.07) is 1.73. The molecule has 1 fully saturated rings. The Kier molecular flexibility index (Phi) is 7.33. The third kappa shape index (κ3) is 5.65. The quantitative estimate of drug-likeness (QED) is 0.472. The first-order chi connectivity index (χ1) is 15.5. The number of carbonyl (C=O) groups is 1. The highest BCUT2D eigenvalue weighted by Crippen LogP contribution is 2.38. The fourth-order valence-corrected chi connectivity index (χ4v) is 4.14. The Morgan fingerprint density at radius 1 is 1.36 bits per heavy atom. The molecule has 1 saturated heterocycles. The lowest BCUT2D eigenvalue weighted by atomic mass is 9.92. The van der Waals surface area contributed by atoms with Crippen molar-refractivity contribution >= 4 is 23.3 Å². The molecule has 0 spiro atoms. The summed E-state index contributed by atoms with van der Waals surface area (Å²) in [6.45, 7) is 17.5. The SMILES string of the molecule is C=CCOC1(C)CCN(c2c(C(OC(C)(C)C)C(=O)OCC)c(C)nc3cc(N)nn23)CC1. The van der Waals surface area contributed by atoms with Crippen LogP contribution in [0.3, 0.4) is 0 Å². The number of ether oxygens (including phenoxy) is 3. The average molecular weight is 460 g/mol. The number of carbonyl (C=O) groups excluding carboxylic acids is 1. The van der Waals surface area contributed by atoms with Gasteiger partial charge >= 0.3 is 5.97 Å². The molecule has 0 amide bonds. The summed E-state index contributed by atoms with van der Waals surface area (Å²) in [7, 11) is 0. The predicted molar refractivity (Wildman–Crippen MR) is 128 cm³/mol. The van der Waals surface area contributed by atoms with Gasteiger partial charge in [0, 0.05) is 24.8 Å². The van der Waals surface area contributed by atoms with Gasteiger partial charge in [-0.25, -0.2) is 9.78 Å². The lowest BCUT2D eigenvalue weighted by Crippen LogP contribution is -2.45. The number of anilines is 2. The van der Waals surface area contributed by atoms with Crippen LogP contribution in [0.2, 0.25) is 0 Å². The van der Waals surface area contributed by atoms with Crippen molar-refractivity contribution in [1.29, 1.82) is 0 Å². The maximum atomic E-state index is 13.1. The van der Waals surface area contributed by atoms with Crippen LogP contribution in [0, 0.1) is 6.92 Å². The van der Waals surface area contributed by atoms with Crippen LogP contribution in [-0.4, -0.2) is 58.1 Å². The van der Waals surface area contributed by atoms with Crippen molar-refractivity contribution in [3.63, 3.8) is 0 Å². The highest BCUT2D eigenvalue weighted by atomic mass is 16.6. The summed E-state index contributed by atoms with van der Waals surface area (Å²) in [6.07, 6.45) is 2.44. The second kappa shape index (κ2) is 9.69. The molecular weight excluding hydrogens is 422 g/mol. The molecule has 0 aromatic carbocycles. The molecule has 0 aliphatic carbocycles. The summed E-state index contributed by atoms with van der Waals surface area (Å²) in [5.41, 5.74) is 7.15. The van der Waals surface area contributed by atoms with E-state index in [4.69, 9.17) is 19.9 Å². The lowest BCUT2D eigenvalue weighted by Gasteiger charge is -2.41. The van der Waals surface area contributed by atoms with Crippen molar-refractivity contribution in [2.24, 2.45) is 0 Å². The Bertz CT molecular complexity index is 1000. The molecule has 3 heterocycles. The number of hydrogen-bond acceptors (Lipinski definition) is 8. The van der Waals surface area contributed by atoms with Crippen LogP contribution in [0.15, 0.2) is 18.7 Å². The van der Waals surface area contributed by atoms with Crippen LogP contribution in [0.5, 0.6) is 0 Å². The Balaban J connectivity index is 2.11. The number of piperidine rings is 1. The van der Waals surface area contributed by atoms with E-state index in [0.717, 1.165) is 18.7 Å². The molecule has 0 saturated carbocycles. The van der Waals surface area contributed by atoms with E-state index in [-0.39, 0.29) is 12.2 Å². The van der Waals surface area contributed by atoms with Crippen LogP contribution in [-0.2, 0) is 19.0 Å². The zero-order valence-corrected chi connectivity index (χ0v) is 20.7. The zero-order valence-electron chi connectivity index (χ0n) is 20.7. The van der Waals surface area contributed by atoms with Gasteiger partial charge in [-0.3, -0.25) is 0 Å². The van der Waals surface area contributed by atoms with Crippen molar-refractivity contribution < 1.29 is 19.0 Å². The van der Waals surface area contributed by atoms with Crippen LogP contribution in [0.25, 0.3) is 5.65 Å². The van der Waals surface area contributed by atoms with E-state index < -0.39 is 17.7 Å². The highest BCUT2D eigenvalue weighted by Gasteiger charge is 2.38. The van der Waals surface area contributed by atoms with E-state index in [0.29, 0.717) is 42.4 Å². The summed E-state index contributed by atoms with van der Waals surface area (Å²) in [5.74, 6) is 0.664. The van der Waals surface area contributed by atoms with Gasteiger partial charge in [0.05, 0.1) is 30.0 Å². The molecule has 182 valence electrons. The number of hydrogen-bond donors (Lipinski definition) is 1. The highest BCUT2D eigenvalue weighted by molar-refractivity contribution is 5.80. The molecule has 2 aromatic heterocycles. The molecule has 9 heteroatoms. The molecule has 1 aliphatic rings. The zero-order chi connectivity index (χ0) is 24.4. The van der Waals surface area contributed by atoms with Gasteiger partial charge in [0.1, 0.15) is 11.6 Å². The van der Waals surface area contributed by atoms with Crippen molar-refractivity contribution in [3.05, 3.63) is 30.0 Å². The van der Waals surface area contributed by atoms with Crippen LogP contribution >= 0.6 is 0 Å². The largest absolute Gasteiger partial charge is 0.464 e. The van der Waals surface area contributed by atoms with E-state index in [1.54, 1.807) is 23.6 Å². The monoisotopic (exact) mass is 459 g/mol. The second-order valence-corrected chi connectivity index (χ2v) is 9.67. The number of aromatic nitrogens is 3. The molecule has 0 bridgehead atoms. The smallest absolute Gasteiger partial charge is 0.340 e. The van der Waals surface area contributed by atoms with Crippen molar-refractivity contribution in [3.8, 4) is 0 Å². The topological polar surface area (TPSA) is 104 Å². The summed E-state index contributed by atoms with van der Waals surface area (Å²) in [5, 5.41) is 4.50. The summed E-state index contributed by atoms with van der Waals surface area (Å²) < 4.78 is 19.4. The molecule has 1 atom stereocenters. The van der Waals surface area contributed by atoms with E-state index in [1.165, 1.54) is 0 Å². The Labute approximate surface area is 195 Å². The Morgan fingerprint density at radius 2 is 2.03 bits per heavy atom.